The summed E-state index contributed by atoms with van der Waals surface area (Å²) in [5.41, 5.74) is 2.37. The van der Waals surface area contributed by atoms with Crippen molar-refractivity contribution in [2.24, 2.45) is 0 Å². The van der Waals surface area contributed by atoms with Crippen molar-refractivity contribution >= 4 is 23.5 Å². The number of nitrogens with zero attached hydrogens (tertiary/aromatic N) is 2. The number of carboxylic acid groups (broad SMARTS) is 1. The molecule has 56 heavy (non-hydrogen) atoms. The third-order valence-corrected chi connectivity index (χ3v) is 11.1. The number of carboxylic acids is 1. The minimum Gasteiger partial charge on any atom is -0.481 e. The average Bonchev–Trinajstić information content (AvgIpc) is 3.78. The number of amides is 1. The van der Waals surface area contributed by atoms with E-state index in [4.69, 9.17) is 30.8 Å². The van der Waals surface area contributed by atoms with Gasteiger partial charge in [0.1, 0.15) is 23.4 Å². The van der Waals surface area contributed by atoms with Gasteiger partial charge in [-0.05, 0) is 48.1 Å². The van der Waals surface area contributed by atoms with Gasteiger partial charge >= 0.3 is 12.1 Å². The molecule has 2 aromatic heterocycles. The van der Waals surface area contributed by atoms with E-state index in [-0.39, 0.29) is 42.8 Å². The van der Waals surface area contributed by atoms with E-state index >= 15 is 0 Å². The van der Waals surface area contributed by atoms with E-state index in [9.17, 15) is 32.3 Å². The van der Waals surface area contributed by atoms with Gasteiger partial charge in [0.2, 0.25) is 23.5 Å². The van der Waals surface area contributed by atoms with Gasteiger partial charge in [-0.25, -0.2) is 9.37 Å². The first kappa shape index (κ1) is 39.3. The first-order chi connectivity index (χ1) is 26.8. The summed E-state index contributed by atoms with van der Waals surface area (Å²) < 4.78 is 74.1. The van der Waals surface area contributed by atoms with Crippen LogP contribution in [0.4, 0.5) is 17.6 Å². The fourth-order valence-electron chi connectivity index (χ4n) is 7.68. The van der Waals surface area contributed by atoms with Crippen LogP contribution >= 0.6 is 11.6 Å². The van der Waals surface area contributed by atoms with Gasteiger partial charge in [-0.3, -0.25) is 14.9 Å². The molecule has 2 fully saturated rings. The standard InChI is InChI=1S/C40H40ClF4N5O6/c1-54-35-21(18-46-20-24-10-14-33(51)48-24)9-12-31(49-35)29-8-4-7-28(34(29)41)25-5-3-6-27-26(25)11-13-32(27)56-37-30(40(43,44)45)15-22(36(50-37)55-2)19-47-39(38(52)53)16-23(42)17-39/h3-9,12,15,23-24,32,46-47H,10-11,13-14,16-20H2,1-2H3,(H,48,51)(H,52,53)/t23-,24-,32-,39+/m0/s1. The van der Waals surface area contributed by atoms with Crippen molar-refractivity contribution in [2.45, 2.75) is 81.6 Å². The number of nitrogens with one attached hydrogen (secondary N) is 3. The van der Waals surface area contributed by atoms with Crippen molar-refractivity contribution < 1.29 is 46.5 Å². The Bertz CT molecular complexity index is 2150. The summed E-state index contributed by atoms with van der Waals surface area (Å²) in [6.07, 6.45) is -5.40. The Balaban J connectivity index is 1.12. The summed E-state index contributed by atoms with van der Waals surface area (Å²) in [4.78, 5) is 32.2. The number of carbonyl (C=O) groups is 2. The van der Waals surface area contributed by atoms with Gasteiger partial charge in [0.15, 0.2) is 0 Å². The molecule has 2 aromatic carbocycles. The number of hydrogen-bond acceptors (Lipinski definition) is 9. The Morgan fingerprint density at radius 2 is 1.66 bits per heavy atom. The van der Waals surface area contributed by atoms with Gasteiger partial charge in [0, 0.05) is 67.2 Å². The van der Waals surface area contributed by atoms with E-state index in [0.717, 1.165) is 29.2 Å². The maximum absolute atomic E-state index is 14.5. The highest BCUT2D eigenvalue weighted by atomic mass is 35.5. The highest BCUT2D eigenvalue weighted by Crippen LogP contribution is 2.46. The smallest absolute Gasteiger partial charge is 0.421 e. The molecule has 4 aromatic rings. The molecule has 296 valence electrons. The third-order valence-electron chi connectivity index (χ3n) is 10.7. The summed E-state index contributed by atoms with van der Waals surface area (Å²) in [7, 11) is 2.78. The van der Waals surface area contributed by atoms with Gasteiger partial charge in [-0.15, -0.1) is 0 Å². The second-order valence-corrected chi connectivity index (χ2v) is 14.6. The van der Waals surface area contributed by atoms with Crippen LogP contribution in [0.3, 0.4) is 0 Å². The Labute approximate surface area is 325 Å². The SMILES string of the molecule is COc1nc(-c2cccc(-c3cccc4c3CC[C@@H]4Oc3nc(OC)c(CN[C@]4(C(=O)O)C[C@H](F)C4)cc3C(F)(F)F)c2Cl)ccc1CNC[C@@H]1CCC(=O)N1. The van der Waals surface area contributed by atoms with E-state index in [1.165, 1.54) is 7.11 Å². The largest absolute Gasteiger partial charge is 0.481 e. The van der Waals surface area contributed by atoms with E-state index < -0.39 is 41.4 Å². The number of aromatic nitrogens is 2. The van der Waals surface area contributed by atoms with Crippen LogP contribution in [0.2, 0.25) is 5.02 Å². The number of methoxy groups -OCH3 is 2. The zero-order valence-electron chi connectivity index (χ0n) is 30.6. The first-order valence-electron chi connectivity index (χ1n) is 18.2. The number of hydrogen-bond donors (Lipinski definition) is 4. The van der Waals surface area contributed by atoms with E-state index in [1.54, 1.807) is 19.2 Å². The lowest BCUT2D eigenvalue weighted by Gasteiger charge is -2.41. The third kappa shape index (κ3) is 7.84. The van der Waals surface area contributed by atoms with Crippen LogP contribution in [-0.4, -0.2) is 65.5 Å². The number of carbonyl (C=O) groups excluding carboxylic acids is 1. The van der Waals surface area contributed by atoms with Crippen molar-refractivity contribution in [1.29, 1.82) is 0 Å². The van der Waals surface area contributed by atoms with Gasteiger partial charge in [-0.1, -0.05) is 54.1 Å². The zero-order chi connectivity index (χ0) is 39.8. The minimum atomic E-state index is -4.87. The molecular weight excluding hydrogens is 758 g/mol. The van der Waals surface area contributed by atoms with Crippen LogP contribution in [0.1, 0.15) is 66.0 Å². The topological polar surface area (TPSA) is 144 Å². The Morgan fingerprint density at radius 1 is 0.946 bits per heavy atom. The molecule has 0 unspecified atom stereocenters. The monoisotopic (exact) mass is 797 g/mol. The van der Waals surface area contributed by atoms with Crippen LogP contribution in [-0.2, 0) is 35.3 Å². The molecule has 2 atom stereocenters. The first-order valence-corrected chi connectivity index (χ1v) is 18.6. The molecule has 4 N–H and O–H groups in total. The Morgan fingerprint density at radius 3 is 2.34 bits per heavy atom. The highest BCUT2D eigenvalue weighted by molar-refractivity contribution is 6.36. The fraction of sp³-hybridized carbons (Fsp3) is 0.400. The van der Waals surface area contributed by atoms with Gasteiger partial charge < -0.3 is 30.0 Å². The maximum atomic E-state index is 14.5. The van der Waals surface area contributed by atoms with Crippen molar-refractivity contribution in [3.05, 3.63) is 87.4 Å². The molecule has 3 heterocycles. The van der Waals surface area contributed by atoms with Crippen molar-refractivity contribution in [3.63, 3.8) is 0 Å². The molecule has 1 saturated carbocycles. The van der Waals surface area contributed by atoms with Crippen LogP contribution in [0.5, 0.6) is 17.6 Å². The zero-order valence-corrected chi connectivity index (χ0v) is 31.3. The Kier molecular flexibility index (Phi) is 11.1. The van der Waals surface area contributed by atoms with Crippen LogP contribution in [0.25, 0.3) is 22.4 Å². The fourth-order valence-corrected chi connectivity index (χ4v) is 8.00. The van der Waals surface area contributed by atoms with Crippen LogP contribution < -0.4 is 30.2 Å². The molecule has 16 heteroatoms. The van der Waals surface area contributed by atoms with E-state index in [1.807, 2.05) is 36.4 Å². The molecule has 7 rings (SSSR count). The number of benzene rings is 2. The number of fused-ring (bicyclic) bond motifs is 1. The molecule has 3 aliphatic rings. The van der Waals surface area contributed by atoms with Gasteiger partial charge in [0.25, 0.3) is 0 Å². The summed E-state index contributed by atoms with van der Waals surface area (Å²) in [6.45, 7) is 0.760. The second-order valence-electron chi connectivity index (χ2n) is 14.2. The quantitative estimate of drug-likeness (QED) is 0.0988. The molecule has 11 nitrogen and oxygen atoms in total. The van der Waals surface area contributed by atoms with E-state index in [2.05, 4.69) is 20.9 Å². The number of alkyl halides is 4. The molecule has 1 aliphatic heterocycles. The number of rotatable bonds is 14. The van der Waals surface area contributed by atoms with Crippen molar-refractivity contribution in [3.8, 4) is 40.0 Å². The average molecular weight is 798 g/mol. The lowest BCUT2D eigenvalue weighted by atomic mass is 9.75. The lowest BCUT2D eigenvalue weighted by molar-refractivity contribution is -0.152. The number of halogens is 5. The molecule has 0 bridgehead atoms. The van der Waals surface area contributed by atoms with Crippen molar-refractivity contribution in [2.75, 3.05) is 20.8 Å². The summed E-state index contributed by atoms with van der Waals surface area (Å²) in [6, 6.07) is 15.8. The van der Waals surface area contributed by atoms with Crippen LogP contribution in [0, 0.1) is 0 Å². The number of aliphatic carboxylic acids is 1. The second kappa shape index (κ2) is 15.9. The van der Waals surface area contributed by atoms with Crippen LogP contribution in [0.15, 0.2) is 54.6 Å². The van der Waals surface area contributed by atoms with Gasteiger partial charge in [-0.2, -0.15) is 18.2 Å². The number of pyridine rings is 2. The predicted octanol–water partition coefficient (Wildman–Crippen LogP) is 6.98. The summed E-state index contributed by atoms with van der Waals surface area (Å²) in [5, 5.41) is 19.1. The Hall–Kier alpha value is -4.99. The van der Waals surface area contributed by atoms with E-state index in [0.29, 0.717) is 65.6 Å². The highest BCUT2D eigenvalue weighted by Gasteiger charge is 2.51. The lowest BCUT2D eigenvalue weighted by Crippen LogP contribution is -2.61. The molecule has 0 radical (unpaired) electrons. The van der Waals surface area contributed by atoms with Crippen molar-refractivity contribution in [1.82, 2.24) is 25.9 Å². The minimum absolute atomic E-state index is 0.0484. The predicted molar refractivity (Wildman–Crippen MR) is 198 cm³/mol. The number of ether oxygens (including phenoxy) is 3. The summed E-state index contributed by atoms with van der Waals surface area (Å²) in [5.74, 6) is -1.66. The van der Waals surface area contributed by atoms with Gasteiger partial charge in [0.05, 0.1) is 24.9 Å². The molecule has 1 amide bonds. The molecule has 0 spiro atoms. The summed E-state index contributed by atoms with van der Waals surface area (Å²) >= 11 is 7.10. The molecule has 2 aliphatic carbocycles. The molecule has 1 saturated heterocycles. The normalized spacial score (nSPS) is 21.6. The molecular formula is C40H40ClF4N5O6. The maximum Gasteiger partial charge on any atom is 0.421 e.